The van der Waals surface area contributed by atoms with Crippen molar-refractivity contribution in [3.05, 3.63) is 24.3 Å². The molecule has 0 aromatic rings. The van der Waals surface area contributed by atoms with Crippen molar-refractivity contribution in [3.63, 3.8) is 0 Å². The molecular formula is C20H30O4. The molecule has 4 heteroatoms. The lowest BCUT2D eigenvalue weighted by Crippen LogP contribution is -2.63. The van der Waals surface area contributed by atoms with E-state index in [2.05, 4.69) is 13.2 Å². The van der Waals surface area contributed by atoms with Gasteiger partial charge in [-0.3, -0.25) is 0 Å². The quantitative estimate of drug-likeness (QED) is 0.760. The van der Waals surface area contributed by atoms with E-state index in [1.54, 1.807) is 0 Å². The first-order chi connectivity index (χ1) is 11.1. The predicted molar refractivity (Wildman–Crippen MR) is 91.1 cm³/mol. The Hall–Kier alpha value is -0.680. The fourth-order valence-electron chi connectivity index (χ4n) is 5.53. The van der Waals surface area contributed by atoms with E-state index in [0.29, 0.717) is 32.1 Å². The third-order valence-corrected chi connectivity index (χ3v) is 7.29. The minimum Gasteiger partial charge on any atom is -0.384 e. The van der Waals surface area contributed by atoms with E-state index in [0.717, 1.165) is 30.4 Å². The molecule has 2 heterocycles. The smallest absolute Gasteiger partial charge is 0.201 e. The van der Waals surface area contributed by atoms with Gasteiger partial charge in [0.05, 0.1) is 0 Å². The summed E-state index contributed by atoms with van der Waals surface area (Å²) in [6, 6.07) is 0. The van der Waals surface area contributed by atoms with Crippen LogP contribution in [-0.4, -0.2) is 33.0 Å². The average Bonchev–Trinajstić information content (AvgIpc) is 2.72. The van der Waals surface area contributed by atoms with E-state index in [1.165, 1.54) is 0 Å². The maximum atomic E-state index is 11.4. The summed E-state index contributed by atoms with van der Waals surface area (Å²) in [5.41, 5.74) is 0.498. The zero-order valence-electron chi connectivity index (χ0n) is 14.9. The van der Waals surface area contributed by atoms with Crippen LogP contribution in [0.15, 0.2) is 24.3 Å². The lowest BCUT2D eigenvalue weighted by Gasteiger charge is -2.53. The normalized spacial score (nSPS) is 53.2. The third kappa shape index (κ3) is 2.00. The van der Waals surface area contributed by atoms with Crippen LogP contribution in [0.4, 0.5) is 0 Å². The summed E-state index contributed by atoms with van der Waals surface area (Å²) in [5, 5.41) is 22.7. The predicted octanol–water partition coefficient (Wildman–Crippen LogP) is 3.43. The lowest BCUT2D eigenvalue weighted by atomic mass is 9.65. The first kappa shape index (κ1) is 16.8. The Morgan fingerprint density at radius 3 is 2.17 bits per heavy atom. The minimum absolute atomic E-state index is 0.244. The molecule has 6 atom stereocenters. The number of hydrogen-bond donors (Lipinski definition) is 2. The second-order valence-corrected chi connectivity index (χ2v) is 8.84. The van der Waals surface area contributed by atoms with Crippen molar-refractivity contribution in [2.45, 2.75) is 88.0 Å². The molecule has 0 amide bonds. The van der Waals surface area contributed by atoms with E-state index in [-0.39, 0.29) is 11.8 Å². The van der Waals surface area contributed by atoms with Gasteiger partial charge in [0, 0.05) is 12.8 Å². The summed E-state index contributed by atoms with van der Waals surface area (Å²) in [4.78, 5) is 0. The number of allylic oxidation sites excluding steroid dienone is 2. The van der Waals surface area contributed by atoms with Gasteiger partial charge in [-0.25, -0.2) is 0 Å². The minimum atomic E-state index is -1.32. The Labute approximate surface area is 144 Å². The van der Waals surface area contributed by atoms with Crippen LogP contribution in [0.2, 0.25) is 0 Å². The van der Waals surface area contributed by atoms with E-state index >= 15 is 0 Å². The highest BCUT2D eigenvalue weighted by Gasteiger charge is 2.76. The van der Waals surface area contributed by atoms with Crippen LogP contribution in [-0.2, 0) is 9.47 Å². The van der Waals surface area contributed by atoms with E-state index in [4.69, 9.17) is 9.47 Å². The molecule has 0 aromatic carbocycles. The Morgan fingerprint density at radius 2 is 1.50 bits per heavy atom. The molecule has 0 aromatic heterocycles. The van der Waals surface area contributed by atoms with Crippen molar-refractivity contribution in [2.24, 2.45) is 11.8 Å². The zero-order valence-corrected chi connectivity index (χ0v) is 14.9. The zero-order chi connectivity index (χ0) is 17.4. The largest absolute Gasteiger partial charge is 0.384 e. The van der Waals surface area contributed by atoms with Crippen molar-refractivity contribution in [2.75, 3.05) is 0 Å². The number of aliphatic hydroxyl groups is 2. The fourth-order valence-corrected chi connectivity index (χ4v) is 5.53. The van der Waals surface area contributed by atoms with Crippen LogP contribution in [0.1, 0.15) is 65.2 Å². The van der Waals surface area contributed by atoms with Crippen molar-refractivity contribution in [3.8, 4) is 0 Å². The summed E-state index contributed by atoms with van der Waals surface area (Å²) in [5.74, 6) is -1.91. The molecule has 4 rings (SSSR count). The standard InChI is InChI=1S/C20H30O4/c1-13(2)15-6-8-18-10-9-17(21)7-5-16(14(3)4)12-20(17,23-18)24-19(18,22)11-15/h15-16,21-22H,1,3,5-12H2,2,4H3/t15-,16-,17-,18+,19+,20+/m1/s1. The van der Waals surface area contributed by atoms with Gasteiger partial charge in [-0.2, -0.15) is 0 Å². The first-order valence-electron chi connectivity index (χ1n) is 9.30. The summed E-state index contributed by atoms with van der Waals surface area (Å²) < 4.78 is 12.8. The molecule has 2 aliphatic heterocycles. The van der Waals surface area contributed by atoms with Gasteiger partial charge >= 0.3 is 0 Å². The summed E-state index contributed by atoms with van der Waals surface area (Å²) in [6.07, 6.45) is 5.65. The molecule has 0 radical (unpaired) electrons. The van der Waals surface area contributed by atoms with Gasteiger partial charge in [0.1, 0.15) is 11.2 Å². The molecule has 2 spiro atoms. The molecule has 4 nitrogen and oxygen atoms in total. The molecule has 4 aliphatic rings. The Morgan fingerprint density at radius 1 is 0.875 bits per heavy atom. The van der Waals surface area contributed by atoms with Crippen molar-refractivity contribution < 1.29 is 19.7 Å². The molecule has 4 fully saturated rings. The van der Waals surface area contributed by atoms with Gasteiger partial charge in [-0.15, -0.1) is 0 Å². The lowest BCUT2D eigenvalue weighted by molar-refractivity contribution is -0.339. The third-order valence-electron chi connectivity index (χ3n) is 7.29. The van der Waals surface area contributed by atoms with Crippen LogP contribution in [0.25, 0.3) is 0 Å². The van der Waals surface area contributed by atoms with Gasteiger partial charge in [0.25, 0.3) is 0 Å². The maximum absolute atomic E-state index is 11.4. The van der Waals surface area contributed by atoms with E-state index < -0.39 is 22.8 Å². The highest BCUT2D eigenvalue weighted by Crippen LogP contribution is 2.65. The van der Waals surface area contributed by atoms with Crippen molar-refractivity contribution in [1.29, 1.82) is 0 Å². The monoisotopic (exact) mass is 334 g/mol. The molecular weight excluding hydrogens is 304 g/mol. The molecule has 2 saturated carbocycles. The second kappa shape index (κ2) is 4.94. The highest BCUT2D eigenvalue weighted by atomic mass is 16.8. The van der Waals surface area contributed by atoms with Crippen molar-refractivity contribution in [1.82, 2.24) is 0 Å². The molecule has 2 aliphatic carbocycles. The second-order valence-electron chi connectivity index (χ2n) is 8.84. The topological polar surface area (TPSA) is 58.9 Å². The fraction of sp³-hybridized carbons (Fsp3) is 0.800. The number of rotatable bonds is 2. The van der Waals surface area contributed by atoms with Gasteiger partial charge in [0.2, 0.25) is 5.79 Å². The summed E-state index contributed by atoms with van der Waals surface area (Å²) in [7, 11) is 0. The number of ether oxygens (including phenoxy) is 2. The maximum Gasteiger partial charge on any atom is 0.201 e. The van der Waals surface area contributed by atoms with Crippen LogP contribution >= 0.6 is 0 Å². The number of hydrogen-bond acceptors (Lipinski definition) is 4. The highest BCUT2D eigenvalue weighted by molar-refractivity contribution is 5.20. The van der Waals surface area contributed by atoms with Crippen LogP contribution in [0, 0.1) is 11.8 Å². The van der Waals surface area contributed by atoms with E-state index in [1.807, 2.05) is 13.8 Å². The first-order valence-corrected chi connectivity index (χ1v) is 9.30. The molecule has 24 heavy (non-hydrogen) atoms. The van der Waals surface area contributed by atoms with Crippen LogP contribution in [0.3, 0.4) is 0 Å². The van der Waals surface area contributed by atoms with Crippen LogP contribution in [0.5, 0.6) is 0 Å². The van der Waals surface area contributed by atoms with Crippen molar-refractivity contribution >= 4 is 0 Å². The molecule has 2 N–H and O–H groups in total. The van der Waals surface area contributed by atoms with Gasteiger partial charge in [-0.1, -0.05) is 24.3 Å². The SMILES string of the molecule is C=C(C)[C@@H]1CC[C@@]2(O)CC[C@@]34CC[C@@H](C(=C)C)C[C@]3(O)O[C@]2(C1)O4. The van der Waals surface area contributed by atoms with Crippen LogP contribution < -0.4 is 0 Å². The molecule has 134 valence electrons. The van der Waals surface area contributed by atoms with Gasteiger partial charge < -0.3 is 19.7 Å². The van der Waals surface area contributed by atoms with Gasteiger partial charge in [-0.05, 0) is 64.2 Å². The Kier molecular flexibility index (Phi) is 3.45. The van der Waals surface area contributed by atoms with E-state index in [9.17, 15) is 10.2 Å². The average molecular weight is 334 g/mol. The van der Waals surface area contributed by atoms with Gasteiger partial charge in [0.15, 0.2) is 5.79 Å². The molecule has 2 saturated heterocycles. The summed E-state index contributed by atoms with van der Waals surface area (Å²) in [6.45, 7) is 12.2. The Bertz CT molecular complexity index is 600. The Balaban J connectivity index is 1.72. The summed E-state index contributed by atoms with van der Waals surface area (Å²) >= 11 is 0. The molecule has 2 bridgehead atoms. The molecule has 0 unspecified atom stereocenters.